The van der Waals surface area contributed by atoms with Crippen molar-refractivity contribution < 1.29 is 13.2 Å². The van der Waals surface area contributed by atoms with Crippen LogP contribution in [0.3, 0.4) is 0 Å². The van der Waals surface area contributed by atoms with Gasteiger partial charge in [-0.15, -0.1) is 0 Å². The van der Waals surface area contributed by atoms with E-state index in [4.69, 9.17) is 35.4 Å². The maximum absolute atomic E-state index is 12.6. The molecule has 0 aliphatic rings. The quantitative estimate of drug-likeness (QED) is 0.656. The van der Waals surface area contributed by atoms with Crippen LogP contribution in [0.5, 0.6) is 0 Å². The molecule has 0 heterocycles. The minimum atomic E-state index is -4.41. The van der Waals surface area contributed by atoms with Crippen LogP contribution in [0.25, 0.3) is 0 Å². The number of anilines is 2. The molecule has 0 bridgehead atoms. The molecule has 0 aliphatic heterocycles. The minimum Gasteiger partial charge on any atom is -0.332 e. The Bertz CT molecular complexity index is 684. The summed E-state index contributed by atoms with van der Waals surface area (Å²) >= 11 is 16.8. The van der Waals surface area contributed by atoms with E-state index >= 15 is 0 Å². The van der Waals surface area contributed by atoms with Crippen LogP contribution >= 0.6 is 35.4 Å². The van der Waals surface area contributed by atoms with E-state index < -0.39 is 11.7 Å². The number of benzene rings is 2. The van der Waals surface area contributed by atoms with Gasteiger partial charge in [0.1, 0.15) is 0 Å². The molecule has 0 saturated heterocycles. The largest absolute Gasteiger partial charge is 0.416 e. The highest BCUT2D eigenvalue weighted by molar-refractivity contribution is 7.80. The maximum Gasteiger partial charge on any atom is 0.416 e. The Kier molecular flexibility index (Phi) is 5.16. The van der Waals surface area contributed by atoms with Crippen molar-refractivity contribution in [3.63, 3.8) is 0 Å². The molecule has 0 spiro atoms. The first-order valence-electron chi connectivity index (χ1n) is 5.95. The van der Waals surface area contributed by atoms with E-state index in [2.05, 4.69) is 10.6 Å². The van der Waals surface area contributed by atoms with E-state index in [1.165, 1.54) is 12.1 Å². The zero-order valence-electron chi connectivity index (χ0n) is 10.8. The molecule has 0 saturated carbocycles. The van der Waals surface area contributed by atoms with Gasteiger partial charge in [-0.3, -0.25) is 0 Å². The summed E-state index contributed by atoms with van der Waals surface area (Å²) in [6.45, 7) is 0. The summed E-state index contributed by atoms with van der Waals surface area (Å²) in [5.74, 6) is 0. The average molecular weight is 365 g/mol. The molecule has 0 radical (unpaired) electrons. The number of halogens is 5. The standard InChI is InChI=1S/C14H9Cl2F3N2S/c15-9-5-10(16)7-12(6-9)21-13(22)20-11-3-1-2-8(4-11)14(17,18)19/h1-7H,(H2,20,21,22). The lowest BCUT2D eigenvalue weighted by atomic mass is 10.2. The smallest absolute Gasteiger partial charge is 0.332 e. The number of thiocarbonyl (C=S) groups is 1. The van der Waals surface area contributed by atoms with E-state index in [0.29, 0.717) is 15.7 Å². The Labute approximate surface area is 140 Å². The average Bonchev–Trinajstić information content (AvgIpc) is 2.36. The number of rotatable bonds is 2. The number of hydrogen-bond donors (Lipinski definition) is 2. The molecule has 0 aliphatic carbocycles. The van der Waals surface area contributed by atoms with Crippen molar-refractivity contribution in [2.45, 2.75) is 6.18 Å². The Balaban J connectivity index is 2.09. The third-order valence-corrected chi connectivity index (χ3v) is 3.21. The van der Waals surface area contributed by atoms with E-state index in [-0.39, 0.29) is 10.8 Å². The second-order valence-corrected chi connectivity index (χ2v) is 5.60. The van der Waals surface area contributed by atoms with E-state index in [9.17, 15) is 13.2 Å². The van der Waals surface area contributed by atoms with Gasteiger partial charge in [-0.25, -0.2) is 0 Å². The van der Waals surface area contributed by atoms with Crippen molar-refractivity contribution in [1.29, 1.82) is 0 Å². The second kappa shape index (κ2) is 6.73. The van der Waals surface area contributed by atoms with Crippen LogP contribution in [0.15, 0.2) is 42.5 Å². The van der Waals surface area contributed by atoms with Gasteiger partial charge in [-0.1, -0.05) is 29.3 Å². The zero-order valence-corrected chi connectivity index (χ0v) is 13.2. The number of hydrogen-bond acceptors (Lipinski definition) is 1. The summed E-state index contributed by atoms with van der Waals surface area (Å²) in [5, 5.41) is 6.43. The molecule has 8 heteroatoms. The van der Waals surface area contributed by atoms with Crippen molar-refractivity contribution in [3.8, 4) is 0 Å². The zero-order chi connectivity index (χ0) is 16.3. The Morgan fingerprint density at radius 2 is 1.50 bits per heavy atom. The first kappa shape index (κ1) is 16.9. The highest BCUT2D eigenvalue weighted by atomic mass is 35.5. The monoisotopic (exact) mass is 364 g/mol. The molecule has 116 valence electrons. The van der Waals surface area contributed by atoms with Gasteiger partial charge in [0, 0.05) is 21.4 Å². The summed E-state index contributed by atoms with van der Waals surface area (Å²) in [6.07, 6.45) is -4.41. The molecule has 2 rings (SSSR count). The predicted molar refractivity (Wildman–Crippen MR) is 87.7 cm³/mol. The Morgan fingerprint density at radius 3 is 2.09 bits per heavy atom. The molecule has 0 atom stereocenters. The normalized spacial score (nSPS) is 11.1. The fourth-order valence-corrected chi connectivity index (χ4v) is 2.45. The lowest BCUT2D eigenvalue weighted by Crippen LogP contribution is -2.19. The molecule has 0 aromatic heterocycles. The predicted octanol–water partition coefficient (Wildman–Crippen LogP) is 5.82. The molecule has 2 nitrogen and oxygen atoms in total. The van der Waals surface area contributed by atoms with Gasteiger partial charge >= 0.3 is 6.18 Å². The van der Waals surface area contributed by atoms with Gasteiger partial charge in [0.2, 0.25) is 0 Å². The van der Waals surface area contributed by atoms with Crippen LogP contribution in [0.2, 0.25) is 10.0 Å². The van der Waals surface area contributed by atoms with Gasteiger partial charge in [-0.05, 0) is 48.6 Å². The summed E-state index contributed by atoms with van der Waals surface area (Å²) in [6, 6.07) is 9.47. The van der Waals surface area contributed by atoms with Gasteiger partial charge in [-0.2, -0.15) is 13.2 Å². The third-order valence-electron chi connectivity index (χ3n) is 2.57. The van der Waals surface area contributed by atoms with E-state index in [1.54, 1.807) is 18.2 Å². The first-order chi connectivity index (χ1) is 10.2. The fraction of sp³-hybridized carbons (Fsp3) is 0.0714. The molecular weight excluding hydrogens is 356 g/mol. The lowest BCUT2D eigenvalue weighted by Gasteiger charge is -2.13. The third kappa shape index (κ3) is 4.76. The Morgan fingerprint density at radius 1 is 0.909 bits per heavy atom. The van der Waals surface area contributed by atoms with E-state index in [0.717, 1.165) is 12.1 Å². The van der Waals surface area contributed by atoms with E-state index in [1.807, 2.05) is 0 Å². The molecule has 22 heavy (non-hydrogen) atoms. The molecule has 0 fully saturated rings. The van der Waals surface area contributed by atoms with Crippen molar-refractivity contribution in [2.75, 3.05) is 10.6 Å². The highest BCUT2D eigenvalue weighted by Gasteiger charge is 2.30. The summed E-state index contributed by atoms with van der Waals surface area (Å²) in [4.78, 5) is 0. The van der Waals surface area contributed by atoms with Crippen LogP contribution in [0, 0.1) is 0 Å². The highest BCUT2D eigenvalue weighted by Crippen LogP contribution is 2.30. The van der Waals surface area contributed by atoms with Gasteiger partial charge in [0.05, 0.1) is 5.56 Å². The summed E-state index contributed by atoms with van der Waals surface area (Å²) in [7, 11) is 0. The van der Waals surface area contributed by atoms with Gasteiger partial charge in [0.25, 0.3) is 0 Å². The van der Waals surface area contributed by atoms with Crippen molar-refractivity contribution in [1.82, 2.24) is 0 Å². The lowest BCUT2D eigenvalue weighted by molar-refractivity contribution is -0.137. The van der Waals surface area contributed by atoms with Crippen molar-refractivity contribution >= 4 is 51.9 Å². The SMILES string of the molecule is FC(F)(F)c1cccc(NC(=S)Nc2cc(Cl)cc(Cl)c2)c1. The van der Waals surface area contributed by atoms with Crippen LogP contribution in [-0.4, -0.2) is 5.11 Å². The summed E-state index contributed by atoms with van der Waals surface area (Å²) in [5.41, 5.74) is -0.00599. The Hall–Kier alpha value is -1.50. The minimum absolute atomic E-state index is 0.123. The molecule has 0 unspecified atom stereocenters. The number of alkyl halides is 3. The van der Waals surface area contributed by atoms with Crippen LogP contribution in [0.1, 0.15) is 5.56 Å². The number of nitrogens with one attached hydrogen (secondary N) is 2. The molecular formula is C14H9Cl2F3N2S. The van der Waals surface area contributed by atoms with Crippen LogP contribution in [0.4, 0.5) is 24.5 Å². The van der Waals surface area contributed by atoms with Crippen molar-refractivity contribution in [2.24, 2.45) is 0 Å². The molecule has 2 aromatic carbocycles. The summed E-state index contributed by atoms with van der Waals surface area (Å²) < 4.78 is 37.9. The van der Waals surface area contributed by atoms with Crippen LogP contribution in [-0.2, 0) is 6.18 Å². The topological polar surface area (TPSA) is 24.1 Å². The molecule has 0 amide bonds. The first-order valence-corrected chi connectivity index (χ1v) is 7.12. The second-order valence-electron chi connectivity index (χ2n) is 4.32. The van der Waals surface area contributed by atoms with Crippen molar-refractivity contribution in [3.05, 3.63) is 58.1 Å². The maximum atomic E-state index is 12.6. The van der Waals surface area contributed by atoms with Gasteiger partial charge < -0.3 is 10.6 Å². The molecule has 2 aromatic rings. The fourth-order valence-electron chi connectivity index (χ4n) is 1.69. The van der Waals surface area contributed by atoms with Gasteiger partial charge in [0.15, 0.2) is 5.11 Å². The van der Waals surface area contributed by atoms with Crippen LogP contribution < -0.4 is 10.6 Å². The molecule has 2 N–H and O–H groups in total.